The predicted molar refractivity (Wildman–Crippen MR) is 161 cm³/mol. The molecule has 0 saturated carbocycles. The molecule has 3 aromatic carbocycles. The summed E-state index contributed by atoms with van der Waals surface area (Å²) < 4.78 is 46.3. The lowest BCUT2D eigenvalue weighted by Crippen LogP contribution is -2.47. The summed E-state index contributed by atoms with van der Waals surface area (Å²) >= 11 is 6.45. The molecule has 4 aromatic rings. The Morgan fingerprint density at radius 1 is 0.907 bits per heavy atom. The maximum atomic E-state index is 13.4. The molecule has 5 rings (SSSR count). The van der Waals surface area contributed by atoms with Crippen LogP contribution in [0, 0.1) is 34.6 Å². The number of rotatable bonds is 7. The molecule has 0 aliphatic carbocycles. The maximum absolute atomic E-state index is 13.4. The van der Waals surface area contributed by atoms with Gasteiger partial charge in [0, 0.05) is 12.1 Å². The number of aryl methyl sites for hydroxylation is 4. The highest BCUT2D eigenvalue weighted by atomic mass is 35.5. The molecule has 2 heterocycles. The van der Waals surface area contributed by atoms with Crippen molar-refractivity contribution < 1.29 is 22.7 Å². The molecule has 0 radical (unpaired) electrons. The maximum Gasteiger partial charge on any atom is 0.416 e. The van der Waals surface area contributed by atoms with Gasteiger partial charge in [0.05, 0.1) is 17.2 Å². The van der Waals surface area contributed by atoms with Gasteiger partial charge in [-0.3, -0.25) is 0 Å². The second-order valence-corrected chi connectivity index (χ2v) is 11.3. The summed E-state index contributed by atoms with van der Waals surface area (Å²) in [6.45, 7) is 10.8. The van der Waals surface area contributed by atoms with Crippen LogP contribution in [-0.4, -0.2) is 33.6 Å². The van der Waals surface area contributed by atoms with Gasteiger partial charge >= 0.3 is 6.18 Å². The SMILES string of the molecule is Cc1ccc(C[C@@H]2CON=C(c3c(Oc4cccc(C(F)(F)F)c4)nnc(Cl)c3C)N2Cc2ccc(C)cc2C)c(C)c1. The second-order valence-electron chi connectivity index (χ2n) is 11.0. The lowest BCUT2D eigenvalue weighted by Gasteiger charge is -2.37. The van der Waals surface area contributed by atoms with Crippen molar-refractivity contribution in [1.29, 1.82) is 0 Å². The Bertz CT molecular complexity index is 1690. The van der Waals surface area contributed by atoms with E-state index >= 15 is 0 Å². The Kier molecular flexibility index (Phi) is 8.64. The molecule has 43 heavy (non-hydrogen) atoms. The summed E-state index contributed by atoms with van der Waals surface area (Å²) in [6.07, 6.45) is -3.86. The molecule has 1 aliphatic heterocycles. The van der Waals surface area contributed by atoms with Crippen molar-refractivity contribution >= 4 is 17.4 Å². The van der Waals surface area contributed by atoms with Crippen LogP contribution in [0.3, 0.4) is 0 Å². The third-order valence-electron chi connectivity index (χ3n) is 7.65. The summed E-state index contributed by atoms with van der Waals surface area (Å²) in [5, 5.41) is 12.7. The van der Waals surface area contributed by atoms with Crippen LogP contribution in [-0.2, 0) is 24.0 Å². The first-order valence-electron chi connectivity index (χ1n) is 13.9. The van der Waals surface area contributed by atoms with Crippen LogP contribution in [0.4, 0.5) is 13.2 Å². The molecule has 1 aliphatic rings. The van der Waals surface area contributed by atoms with Crippen molar-refractivity contribution in [3.8, 4) is 11.6 Å². The molecular formula is C33H32ClF3N4O2. The van der Waals surface area contributed by atoms with Gasteiger partial charge < -0.3 is 14.5 Å². The number of amidine groups is 1. The molecule has 0 spiro atoms. The van der Waals surface area contributed by atoms with Crippen molar-refractivity contribution in [2.24, 2.45) is 5.16 Å². The molecule has 1 aromatic heterocycles. The minimum absolute atomic E-state index is 0.0265. The standard InChI is InChI=1S/C33H32ClF3N4O2/c1-19-9-11-24(21(3)13-19)15-27-18-42-40-31(41(27)17-25-12-10-20(2)14-22(25)4)29-23(5)30(34)38-39-32(29)43-28-8-6-7-26(16-28)33(35,36)37/h6-14,16,27H,15,17-18H2,1-5H3/t27-/m1/s1. The fraction of sp³-hybridized carbons (Fsp3) is 0.303. The van der Waals surface area contributed by atoms with E-state index in [1.165, 1.54) is 28.8 Å². The summed E-state index contributed by atoms with van der Waals surface area (Å²) in [5.41, 5.74) is 6.97. The molecule has 0 N–H and O–H groups in total. The Balaban J connectivity index is 1.60. The van der Waals surface area contributed by atoms with Gasteiger partial charge in [-0.25, -0.2) is 0 Å². The Morgan fingerprint density at radius 2 is 1.58 bits per heavy atom. The zero-order valence-corrected chi connectivity index (χ0v) is 25.3. The highest BCUT2D eigenvalue weighted by Gasteiger charge is 2.34. The number of oxime groups is 1. The van der Waals surface area contributed by atoms with E-state index in [4.69, 9.17) is 21.2 Å². The van der Waals surface area contributed by atoms with Crippen molar-refractivity contribution in [3.05, 3.63) is 116 Å². The number of aromatic nitrogens is 2. The van der Waals surface area contributed by atoms with Gasteiger partial charge in [0.15, 0.2) is 11.0 Å². The number of alkyl halides is 3. The van der Waals surface area contributed by atoms with E-state index in [9.17, 15) is 13.2 Å². The number of ether oxygens (including phenoxy) is 1. The fourth-order valence-electron chi connectivity index (χ4n) is 5.26. The summed E-state index contributed by atoms with van der Waals surface area (Å²) in [7, 11) is 0. The molecule has 0 amide bonds. The topological polar surface area (TPSA) is 59.8 Å². The molecule has 224 valence electrons. The van der Waals surface area contributed by atoms with E-state index in [0.29, 0.717) is 36.5 Å². The summed E-state index contributed by atoms with van der Waals surface area (Å²) in [5.74, 6) is 0.343. The summed E-state index contributed by atoms with van der Waals surface area (Å²) in [6, 6.07) is 17.1. The van der Waals surface area contributed by atoms with Crippen LogP contribution in [0.15, 0.2) is 65.8 Å². The average molecular weight is 609 g/mol. The van der Waals surface area contributed by atoms with Gasteiger partial charge in [-0.05, 0) is 81.5 Å². The molecular weight excluding hydrogens is 577 g/mol. The monoisotopic (exact) mass is 608 g/mol. The van der Waals surface area contributed by atoms with Gasteiger partial charge in [0.25, 0.3) is 0 Å². The zero-order chi connectivity index (χ0) is 30.9. The van der Waals surface area contributed by atoms with Crippen LogP contribution in [0.1, 0.15) is 50.1 Å². The molecule has 0 unspecified atom stereocenters. The highest BCUT2D eigenvalue weighted by Crippen LogP contribution is 2.36. The Labute approximate surface area is 254 Å². The minimum Gasteiger partial charge on any atom is -0.437 e. The number of benzene rings is 3. The number of hydrogen-bond acceptors (Lipinski definition) is 6. The molecule has 10 heteroatoms. The quantitative estimate of drug-likeness (QED) is 0.211. The van der Waals surface area contributed by atoms with Gasteiger partial charge in [-0.1, -0.05) is 70.3 Å². The number of nitrogens with zero attached hydrogens (tertiary/aromatic N) is 4. The minimum atomic E-state index is -4.53. The Hall–Kier alpha value is -4.11. The van der Waals surface area contributed by atoms with Crippen molar-refractivity contribution in [2.75, 3.05) is 6.61 Å². The van der Waals surface area contributed by atoms with Crippen molar-refractivity contribution in [3.63, 3.8) is 0 Å². The third kappa shape index (κ3) is 6.77. The van der Waals surface area contributed by atoms with Gasteiger partial charge in [-0.15, -0.1) is 10.2 Å². The third-order valence-corrected chi connectivity index (χ3v) is 8.01. The normalized spacial score (nSPS) is 15.2. The smallest absolute Gasteiger partial charge is 0.416 e. The predicted octanol–water partition coefficient (Wildman–Crippen LogP) is 8.29. The van der Waals surface area contributed by atoms with E-state index in [1.807, 2.05) is 6.92 Å². The first-order chi connectivity index (χ1) is 20.4. The lowest BCUT2D eigenvalue weighted by atomic mass is 9.96. The Morgan fingerprint density at radius 3 is 2.23 bits per heavy atom. The van der Waals surface area contributed by atoms with E-state index in [-0.39, 0.29) is 22.8 Å². The van der Waals surface area contributed by atoms with Crippen molar-refractivity contribution in [1.82, 2.24) is 15.1 Å². The van der Waals surface area contributed by atoms with E-state index in [1.54, 1.807) is 6.92 Å². The lowest BCUT2D eigenvalue weighted by molar-refractivity contribution is -0.137. The highest BCUT2D eigenvalue weighted by molar-refractivity contribution is 6.30. The molecule has 1 atom stereocenters. The van der Waals surface area contributed by atoms with Crippen LogP contribution < -0.4 is 4.74 Å². The van der Waals surface area contributed by atoms with Crippen LogP contribution in [0.5, 0.6) is 11.6 Å². The largest absolute Gasteiger partial charge is 0.437 e. The first kappa shape index (κ1) is 30.4. The van der Waals surface area contributed by atoms with Crippen molar-refractivity contribution in [2.45, 2.75) is 59.8 Å². The number of halogens is 4. The summed E-state index contributed by atoms with van der Waals surface area (Å²) in [4.78, 5) is 7.96. The van der Waals surface area contributed by atoms with E-state index in [2.05, 4.69) is 77.4 Å². The van der Waals surface area contributed by atoms with E-state index < -0.39 is 11.7 Å². The number of hydrogen-bond donors (Lipinski definition) is 0. The molecule has 0 bridgehead atoms. The zero-order valence-electron chi connectivity index (χ0n) is 24.6. The van der Waals surface area contributed by atoms with Gasteiger partial charge in [0.1, 0.15) is 12.4 Å². The second kappa shape index (κ2) is 12.2. The average Bonchev–Trinajstić information content (AvgIpc) is 2.94. The first-order valence-corrected chi connectivity index (χ1v) is 14.3. The van der Waals surface area contributed by atoms with E-state index in [0.717, 1.165) is 28.8 Å². The van der Waals surface area contributed by atoms with Gasteiger partial charge in [0.2, 0.25) is 5.88 Å². The van der Waals surface area contributed by atoms with Crippen LogP contribution >= 0.6 is 11.6 Å². The molecule has 0 fully saturated rings. The molecule has 6 nitrogen and oxygen atoms in total. The van der Waals surface area contributed by atoms with Gasteiger partial charge in [-0.2, -0.15) is 13.2 Å². The van der Waals surface area contributed by atoms with Crippen LogP contribution in [0.25, 0.3) is 0 Å². The fourth-order valence-corrected chi connectivity index (χ4v) is 5.39. The van der Waals surface area contributed by atoms with Crippen LogP contribution in [0.2, 0.25) is 5.15 Å². The molecule has 0 saturated heterocycles.